The summed E-state index contributed by atoms with van der Waals surface area (Å²) in [5.41, 5.74) is -0.296. The molecule has 0 atom stereocenters. The van der Waals surface area contributed by atoms with E-state index in [0.29, 0.717) is 5.56 Å². The summed E-state index contributed by atoms with van der Waals surface area (Å²) in [4.78, 5) is 12.0. The molecule has 8 heteroatoms. The van der Waals surface area contributed by atoms with Gasteiger partial charge in [0.05, 0.1) is 5.56 Å². The molecule has 0 saturated carbocycles. The lowest BCUT2D eigenvalue weighted by Crippen LogP contribution is -2.34. The van der Waals surface area contributed by atoms with Crippen molar-refractivity contribution >= 4 is 44.9 Å². The number of thiocarbonyl (C=S) groups is 1. The summed E-state index contributed by atoms with van der Waals surface area (Å²) in [7, 11) is 0. The number of carbonyl (C=O) groups excluding carboxylic acids is 1. The van der Waals surface area contributed by atoms with E-state index in [1.54, 1.807) is 24.3 Å². The Labute approximate surface area is 144 Å². The van der Waals surface area contributed by atoms with Crippen molar-refractivity contribution in [1.29, 1.82) is 0 Å². The molecule has 2 rings (SSSR count). The van der Waals surface area contributed by atoms with Crippen molar-refractivity contribution in [2.75, 3.05) is 5.32 Å². The van der Waals surface area contributed by atoms with Gasteiger partial charge in [0.1, 0.15) is 0 Å². The highest BCUT2D eigenvalue weighted by Crippen LogP contribution is 2.30. The Morgan fingerprint density at radius 1 is 1.09 bits per heavy atom. The van der Waals surface area contributed by atoms with Crippen LogP contribution in [0.25, 0.3) is 0 Å². The molecule has 0 radical (unpaired) electrons. The van der Waals surface area contributed by atoms with E-state index in [2.05, 4.69) is 26.6 Å². The Kier molecular flexibility index (Phi) is 5.38. The molecular weight excluding hydrogens is 393 g/mol. The predicted octanol–water partition coefficient (Wildman–Crippen LogP) is 4.59. The summed E-state index contributed by atoms with van der Waals surface area (Å²) in [6.07, 6.45) is -4.45. The molecule has 0 unspecified atom stereocenters. The molecule has 2 aromatic carbocycles. The number of carbonyl (C=O) groups is 1. The van der Waals surface area contributed by atoms with Gasteiger partial charge in [0, 0.05) is 15.7 Å². The molecule has 0 saturated heterocycles. The first-order valence-electron chi connectivity index (χ1n) is 6.31. The zero-order valence-corrected chi connectivity index (χ0v) is 13.8. The van der Waals surface area contributed by atoms with Crippen LogP contribution in [0.15, 0.2) is 53.0 Å². The van der Waals surface area contributed by atoms with E-state index in [4.69, 9.17) is 12.2 Å². The van der Waals surface area contributed by atoms with Crippen LogP contribution in [-0.4, -0.2) is 11.0 Å². The maximum atomic E-state index is 12.6. The highest BCUT2D eigenvalue weighted by atomic mass is 79.9. The molecule has 0 aliphatic carbocycles. The van der Waals surface area contributed by atoms with Crippen LogP contribution in [0.5, 0.6) is 0 Å². The molecule has 2 aromatic rings. The Hall–Kier alpha value is -1.93. The van der Waals surface area contributed by atoms with Gasteiger partial charge in [-0.3, -0.25) is 10.1 Å². The summed E-state index contributed by atoms with van der Waals surface area (Å²) < 4.78 is 38.6. The van der Waals surface area contributed by atoms with Gasteiger partial charge in [-0.05, 0) is 48.6 Å². The number of hydrogen-bond donors (Lipinski definition) is 2. The van der Waals surface area contributed by atoms with Crippen LogP contribution in [0.3, 0.4) is 0 Å². The third-order valence-electron chi connectivity index (χ3n) is 2.76. The lowest BCUT2D eigenvalue weighted by atomic mass is 10.2. The molecule has 23 heavy (non-hydrogen) atoms. The van der Waals surface area contributed by atoms with Crippen LogP contribution >= 0.6 is 28.1 Å². The summed E-state index contributed by atoms with van der Waals surface area (Å²) in [5.74, 6) is -0.462. The van der Waals surface area contributed by atoms with Crippen LogP contribution in [-0.2, 0) is 6.18 Å². The fourth-order valence-corrected chi connectivity index (χ4v) is 2.35. The maximum Gasteiger partial charge on any atom is 0.416 e. The molecule has 0 aliphatic heterocycles. The molecule has 0 spiro atoms. The van der Waals surface area contributed by atoms with Crippen LogP contribution in [0.1, 0.15) is 15.9 Å². The molecule has 0 fully saturated rings. The molecule has 0 bridgehead atoms. The predicted molar refractivity (Wildman–Crippen MR) is 89.3 cm³/mol. The van der Waals surface area contributed by atoms with Gasteiger partial charge in [0.2, 0.25) is 0 Å². The van der Waals surface area contributed by atoms with Gasteiger partial charge in [-0.1, -0.05) is 28.1 Å². The second-order valence-electron chi connectivity index (χ2n) is 4.50. The van der Waals surface area contributed by atoms with E-state index < -0.39 is 17.6 Å². The van der Waals surface area contributed by atoms with Crippen molar-refractivity contribution in [3.8, 4) is 0 Å². The lowest BCUT2D eigenvalue weighted by Gasteiger charge is -2.12. The molecule has 3 nitrogen and oxygen atoms in total. The van der Waals surface area contributed by atoms with Crippen LogP contribution < -0.4 is 10.6 Å². The van der Waals surface area contributed by atoms with E-state index >= 15 is 0 Å². The highest BCUT2D eigenvalue weighted by molar-refractivity contribution is 9.10. The smallest absolute Gasteiger partial charge is 0.332 e. The van der Waals surface area contributed by atoms with Gasteiger partial charge >= 0.3 is 6.18 Å². The zero-order chi connectivity index (χ0) is 17.0. The molecular formula is C15H10BrF3N2OS. The highest BCUT2D eigenvalue weighted by Gasteiger charge is 2.30. The minimum absolute atomic E-state index is 0.0886. The Morgan fingerprint density at radius 3 is 2.43 bits per heavy atom. The first-order valence-corrected chi connectivity index (χ1v) is 7.51. The Balaban J connectivity index is 2.04. The summed E-state index contributed by atoms with van der Waals surface area (Å²) in [6, 6.07) is 11.2. The van der Waals surface area contributed by atoms with Crippen molar-refractivity contribution in [3.05, 3.63) is 64.1 Å². The summed E-state index contributed by atoms with van der Waals surface area (Å²) in [5, 5.41) is 4.88. The summed E-state index contributed by atoms with van der Waals surface area (Å²) in [6.45, 7) is 0. The van der Waals surface area contributed by atoms with Crippen molar-refractivity contribution in [3.63, 3.8) is 0 Å². The average Bonchev–Trinajstić information content (AvgIpc) is 2.46. The van der Waals surface area contributed by atoms with Gasteiger partial charge in [0.25, 0.3) is 5.91 Å². The fraction of sp³-hybridized carbons (Fsp3) is 0.0667. The molecule has 0 heterocycles. The van der Waals surface area contributed by atoms with Crippen LogP contribution in [0.2, 0.25) is 0 Å². The molecule has 1 amide bonds. The monoisotopic (exact) mass is 402 g/mol. The zero-order valence-electron chi connectivity index (χ0n) is 11.4. The maximum absolute atomic E-state index is 12.6. The van der Waals surface area contributed by atoms with Crippen molar-refractivity contribution in [2.24, 2.45) is 0 Å². The Bertz CT molecular complexity index is 749. The quantitative estimate of drug-likeness (QED) is 0.721. The number of halogens is 4. The topological polar surface area (TPSA) is 41.1 Å². The molecule has 0 aliphatic rings. The number of anilines is 1. The van der Waals surface area contributed by atoms with E-state index in [9.17, 15) is 18.0 Å². The van der Waals surface area contributed by atoms with E-state index in [1.165, 1.54) is 12.1 Å². The number of rotatable bonds is 2. The lowest BCUT2D eigenvalue weighted by molar-refractivity contribution is -0.137. The third kappa shape index (κ3) is 5.04. The SMILES string of the molecule is O=C(NC(=S)Nc1cccc(C(F)(F)F)c1)c1cccc(Br)c1. The van der Waals surface area contributed by atoms with Crippen LogP contribution in [0, 0.1) is 0 Å². The van der Waals surface area contributed by atoms with E-state index in [1.807, 2.05) is 0 Å². The van der Waals surface area contributed by atoms with Gasteiger partial charge in [-0.25, -0.2) is 0 Å². The standard InChI is InChI=1S/C15H10BrF3N2OS/c16-11-5-1-3-9(7-11)13(22)21-14(23)20-12-6-2-4-10(8-12)15(17,18)19/h1-8H,(H2,20,21,22,23). The van der Waals surface area contributed by atoms with Gasteiger partial charge in [-0.15, -0.1) is 0 Å². The van der Waals surface area contributed by atoms with Crippen LogP contribution in [0.4, 0.5) is 18.9 Å². The first kappa shape index (κ1) is 17.4. The summed E-state index contributed by atoms with van der Waals surface area (Å²) >= 11 is 8.19. The van der Waals surface area contributed by atoms with Gasteiger partial charge in [-0.2, -0.15) is 13.2 Å². The molecule has 120 valence electrons. The second-order valence-corrected chi connectivity index (χ2v) is 5.82. The van der Waals surface area contributed by atoms with Gasteiger partial charge < -0.3 is 5.32 Å². The largest absolute Gasteiger partial charge is 0.416 e. The molecule has 0 aromatic heterocycles. The van der Waals surface area contributed by atoms with Gasteiger partial charge in [0.15, 0.2) is 5.11 Å². The fourth-order valence-electron chi connectivity index (χ4n) is 1.74. The van der Waals surface area contributed by atoms with E-state index in [0.717, 1.165) is 16.6 Å². The third-order valence-corrected chi connectivity index (χ3v) is 3.46. The minimum Gasteiger partial charge on any atom is -0.332 e. The number of hydrogen-bond acceptors (Lipinski definition) is 2. The average molecular weight is 403 g/mol. The minimum atomic E-state index is -4.45. The normalized spacial score (nSPS) is 11.0. The number of alkyl halides is 3. The second kappa shape index (κ2) is 7.10. The van der Waals surface area contributed by atoms with Crippen molar-refractivity contribution in [2.45, 2.75) is 6.18 Å². The number of nitrogens with one attached hydrogen (secondary N) is 2. The van der Waals surface area contributed by atoms with Crippen molar-refractivity contribution < 1.29 is 18.0 Å². The number of amides is 1. The van der Waals surface area contributed by atoms with E-state index in [-0.39, 0.29) is 10.8 Å². The molecule has 2 N–H and O–H groups in total. The first-order chi connectivity index (χ1) is 10.8. The Morgan fingerprint density at radius 2 is 1.78 bits per heavy atom. The van der Waals surface area contributed by atoms with Crippen molar-refractivity contribution in [1.82, 2.24) is 5.32 Å². The number of benzene rings is 2.